The van der Waals surface area contributed by atoms with Gasteiger partial charge in [-0.05, 0) is 30.5 Å². The molecule has 1 aromatic rings. The molecule has 0 aromatic heterocycles. The number of aliphatic carboxylic acids is 1. The molecule has 7 nitrogen and oxygen atoms in total. The highest BCUT2D eigenvalue weighted by Gasteiger charge is 2.45. The Kier molecular flexibility index (Phi) is 3.80. The molecule has 108 valence electrons. The van der Waals surface area contributed by atoms with Crippen molar-refractivity contribution in [3.05, 3.63) is 29.8 Å². The number of aliphatic hydroxyl groups is 1. The molecule has 2 rings (SSSR count). The molecule has 1 aliphatic rings. The lowest BCUT2D eigenvalue weighted by molar-refractivity contribution is -0.140. The highest BCUT2D eigenvalue weighted by molar-refractivity contribution is 5.83. The molecule has 7 heteroatoms. The van der Waals surface area contributed by atoms with Crippen molar-refractivity contribution in [3.8, 4) is 0 Å². The summed E-state index contributed by atoms with van der Waals surface area (Å²) in [6, 6.07) is 5.26. The average Bonchev–Trinajstić information content (AvgIpc) is 3.17. The van der Waals surface area contributed by atoms with Gasteiger partial charge in [-0.25, -0.2) is 9.59 Å². The van der Waals surface area contributed by atoms with Gasteiger partial charge in [-0.15, -0.1) is 0 Å². The van der Waals surface area contributed by atoms with Gasteiger partial charge in [-0.2, -0.15) is 0 Å². The number of nitrogens with one attached hydrogen (secondary N) is 2. The van der Waals surface area contributed by atoms with Gasteiger partial charge in [0, 0.05) is 5.69 Å². The van der Waals surface area contributed by atoms with Crippen molar-refractivity contribution in [2.75, 3.05) is 12.3 Å². The second kappa shape index (κ2) is 5.38. The molecule has 1 saturated carbocycles. The number of carbonyl (C=O) groups excluding carboxylic acids is 1. The van der Waals surface area contributed by atoms with Gasteiger partial charge < -0.3 is 26.6 Å². The molecule has 0 bridgehead atoms. The number of carboxylic acid groups (broad SMARTS) is 1. The normalized spacial score (nSPS) is 17.1. The molecular formula is C13H17N3O4. The van der Waals surface area contributed by atoms with E-state index < -0.39 is 30.2 Å². The molecule has 1 unspecified atom stereocenters. The van der Waals surface area contributed by atoms with Crippen LogP contribution in [0.1, 0.15) is 18.4 Å². The van der Waals surface area contributed by atoms with Gasteiger partial charge in [0.25, 0.3) is 0 Å². The van der Waals surface area contributed by atoms with E-state index in [9.17, 15) is 9.59 Å². The number of aliphatic hydroxyl groups excluding tert-OH is 1. The third-order valence-corrected chi connectivity index (χ3v) is 3.35. The first-order valence-corrected chi connectivity index (χ1v) is 6.25. The van der Waals surface area contributed by atoms with Crippen LogP contribution < -0.4 is 16.4 Å². The SMILES string of the molecule is Nc1ccc(C2(NC(=O)NC(CO)C(=O)O)CC2)cc1. The lowest BCUT2D eigenvalue weighted by Crippen LogP contribution is -2.50. The number of carbonyl (C=O) groups is 2. The first-order chi connectivity index (χ1) is 9.47. The van der Waals surface area contributed by atoms with E-state index in [1.54, 1.807) is 12.1 Å². The number of urea groups is 1. The maximum absolute atomic E-state index is 11.8. The van der Waals surface area contributed by atoms with E-state index in [1.807, 2.05) is 12.1 Å². The van der Waals surface area contributed by atoms with Crippen LogP contribution in [0.4, 0.5) is 10.5 Å². The van der Waals surface area contributed by atoms with Crippen molar-refractivity contribution < 1.29 is 19.8 Å². The Balaban J connectivity index is 2.00. The Morgan fingerprint density at radius 1 is 1.30 bits per heavy atom. The third kappa shape index (κ3) is 3.00. The van der Waals surface area contributed by atoms with Crippen molar-refractivity contribution in [2.24, 2.45) is 0 Å². The Morgan fingerprint density at radius 2 is 1.90 bits per heavy atom. The number of rotatable bonds is 5. The lowest BCUT2D eigenvalue weighted by atomic mass is 10.0. The Morgan fingerprint density at radius 3 is 2.35 bits per heavy atom. The van der Waals surface area contributed by atoms with Crippen LogP contribution >= 0.6 is 0 Å². The van der Waals surface area contributed by atoms with Crippen molar-refractivity contribution in [2.45, 2.75) is 24.4 Å². The largest absolute Gasteiger partial charge is 0.480 e. The van der Waals surface area contributed by atoms with Gasteiger partial charge in [0.1, 0.15) is 0 Å². The van der Waals surface area contributed by atoms with E-state index in [4.69, 9.17) is 15.9 Å². The highest BCUT2D eigenvalue weighted by atomic mass is 16.4. The first kappa shape index (κ1) is 14.1. The lowest BCUT2D eigenvalue weighted by Gasteiger charge is -2.20. The zero-order chi connectivity index (χ0) is 14.8. The van der Waals surface area contributed by atoms with Gasteiger partial charge in [0.2, 0.25) is 0 Å². The molecule has 0 saturated heterocycles. The number of carboxylic acids is 1. The van der Waals surface area contributed by atoms with Crippen molar-refractivity contribution >= 4 is 17.7 Å². The summed E-state index contributed by atoms with van der Waals surface area (Å²) in [6.07, 6.45) is 1.56. The minimum Gasteiger partial charge on any atom is -0.480 e. The van der Waals surface area contributed by atoms with Crippen LogP contribution in [0, 0.1) is 0 Å². The summed E-state index contributed by atoms with van der Waals surface area (Å²) in [5, 5.41) is 22.6. The molecule has 0 aliphatic heterocycles. The molecule has 0 radical (unpaired) electrons. The van der Waals surface area contributed by atoms with E-state index in [1.165, 1.54) is 0 Å². The minimum atomic E-state index is -1.31. The standard InChI is InChI=1S/C13H17N3O4/c14-9-3-1-8(2-4-9)13(5-6-13)16-12(20)15-10(7-17)11(18)19/h1-4,10,17H,5-7,14H2,(H,18,19)(H2,15,16,20). The Labute approximate surface area is 115 Å². The van der Waals surface area contributed by atoms with Gasteiger partial charge in [-0.3, -0.25) is 0 Å². The number of nitrogens with two attached hydrogens (primary N) is 1. The number of benzene rings is 1. The molecule has 2 amide bonds. The maximum Gasteiger partial charge on any atom is 0.328 e. The van der Waals surface area contributed by atoms with E-state index in [0.717, 1.165) is 18.4 Å². The van der Waals surface area contributed by atoms with E-state index >= 15 is 0 Å². The predicted octanol–water partition coefficient (Wildman–Crippen LogP) is 0.00260. The van der Waals surface area contributed by atoms with E-state index in [-0.39, 0.29) is 0 Å². The van der Waals surface area contributed by atoms with Crippen LogP contribution in [0.3, 0.4) is 0 Å². The van der Waals surface area contributed by atoms with E-state index in [0.29, 0.717) is 5.69 Å². The van der Waals surface area contributed by atoms with Crippen LogP contribution in [0.5, 0.6) is 0 Å². The Bertz CT molecular complexity index is 511. The molecule has 20 heavy (non-hydrogen) atoms. The summed E-state index contributed by atoms with van der Waals surface area (Å²) in [6.45, 7) is -0.655. The zero-order valence-corrected chi connectivity index (χ0v) is 10.8. The summed E-state index contributed by atoms with van der Waals surface area (Å²) < 4.78 is 0. The molecule has 1 atom stereocenters. The van der Waals surface area contributed by atoms with Gasteiger partial charge in [-0.1, -0.05) is 12.1 Å². The quantitative estimate of drug-likeness (QED) is 0.485. The number of hydrogen-bond donors (Lipinski definition) is 5. The number of amides is 2. The van der Waals surface area contributed by atoms with Crippen LogP contribution in [-0.2, 0) is 10.3 Å². The molecule has 0 heterocycles. The number of anilines is 1. The molecule has 1 aromatic carbocycles. The molecular weight excluding hydrogens is 262 g/mol. The van der Waals surface area contributed by atoms with E-state index in [2.05, 4.69) is 10.6 Å². The summed E-state index contributed by atoms with van der Waals surface area (Å²) >= 11 is 0. The summed E-state index contributed by atoms with van der Waals surface area (Å²) in [4.78, 5) is 22.5. The van der Waals surface area contributed by atoms with Gasteiger partial charge in [0.05, 0.1) is 12.1 Å². The predicted molar refractivity (Wildman–Crippen MR) is 71.9 cm³/mol. The van der Waals surface area contributed by atoms with Crippen LogP contribution in [0.2, 0.25) is 0 Å². The average molecular weight is 279 g/mol. The number of hydrogen-bond acceptors (Lipinski definition) is 4. The molecule has 1 fully saturated rings. The summed E-state index contributed by atoms with van der Waals surface area (Å²) in [5.41, 5.74) is 6.72. The van der Waals surface area contributed by atoms with Crippen molar-refractivity contribution in [3.63, 3.8) is 0 Å². The number of nitrogen functional groups attached to an aromatic ring is 1. The Hall–Kier alpha value is -2.28. The second-order valence-electron chi connectivity index (χ2n) is 4.88. The minimum absolute atomic E-state index is 0.462. The van der Waals surface area contributed by atoms with Crippen LogP contribution in [0.25, 0.3) is 0 Å². The maximum atomic E-state index is 11.8. The topological polar surface area (TPSA) is 125 Å². The van der Waals surface area contributed by atoms with Gasteiger partial charge >= 0.3 is 12.0 Å². The molecule has 1 aliphatic carbocycles. The fraction of sp³-hybridized carbons (Fsp3) is 0.385. The molecule has 6 N–H and O–H groups in total. The van der Waals surface area contributed by atoms with Crippen LogP contribution in [-0.4, -0.2) is 34.9 Å². The third-order valence-electron chi connectivity index (χ3n) is 3.35. The van der Waals surface area contributed by atoms with Crippen molar-refractivity contribution in [1.29, 1.82) is 0 Å². The zero-order valence-electron chi connectivity index (χ0n) is 10.8. The fourth-order valence-electron chi connectivity index (χ4n) is 2.01. The fourth-order valence-corrected chi connectivity index (χ4v) is 2.01. The van der Waals surface area contributed by atoms with Crippen LogP contribution in [0.15, 0.2) is 24.3 Å². The monoisotopic (exact) mass is 279 g/mol. The smallest absolute Gasteiger partial charge is 0.328 e. The molecule has 0 spiro atoms. The summed E-state index contributed by atoms with van der Waals surface area (Å²) in [5.74, 6) is -1.28. The summed E-state index contributed by atoms with van der Waals surface area (Å²) in [7, 11) is 0. The first-order valence-electron chi connectivity index (χ1n) is 6.25. The second-order valence-corrected chi connectivity index (χ2v) is 4.88. The van der Waals surface area contributed by atoms with Crippen molar-refractivity contribution in [1.82, 2.24) is 10.6 Å². The highest BCUT2D eigenvalue weighted by Crippen LogP contribution is 2.45. The van der Waals surface area contributed by atoms with Gasteiger partial charge in [0.15, 0.2) is 6.04 Å².